The summed E-state index contributed by atoms with van der Waals surface area (Å²) in [5, 5.41) is 8.03. The van der Waals surface area contributed by atoms with Gasteiger partial charge in [0, 0.05) is 19.3 Å². The minimum atomic E-state index is 0.523. The summed E-state index contributed by atoms with van der Waals surface area (Å²) in [6, 6.07) is 2.22. The first-order chi connectivity index (χ1) is 8.01. The Kier molecular flexibility index (Phi) is 3.57. The maximum atomic E-state index is 4.43. The van der Waals surface area contributed by atoms with Gasteiger partial charge >= 0.3 is 0 Å². The highest BCUT2D eigenvalue weighted by molar-refractivity contribution is 5.14. The molecule has 0 saturated heterocycles. The van der Waals surface area contributed by atoms with E-state index in [0.29, 0.717) is 5.41 Å². The van der Waals surface area contributed by atoms with Crippen LogP contribution in [0.2, 0.25) is 0 Å². The van der Waals surface area contributed by atoms with Gasteiger partial charge in [0.1, 0.15) is 0 Å². The molecule has 0 amide bonds. The fourth-order valence-electron chi connectivity index (χ4n) is 2.43. The molecule has 0 unspecified atom stereocenters. The molecule has 1 aliphatic carbocycles. The van der Waals surface area contributed by atoms with Crippen LogP contribution in [-0.4, -0.2) is 22.9 Å². The number of aromatic nitrogens is 2. The SMILES string of the molecule is Cc1cc(CC2(CNCC(C)C)CC2)n(C)n1. The molecule has 1 aromatic heterocycles. The number of nitrogens with zero attached hydrogens (tertiary/aromatic N) is 2. The monoisotopic (exact) mass is 235 g/mol. The van der Waals surface area contributed by atoms with Crippen LogP contribution >= 0.6 is 0 Å². The van der Waals surface area contributed by atoms with Crippen LogP contribution in [0.15, 0.2) is 6.07 Å². The zero-order valence-electron chi connectivity index (χ0n) is 11.6. The molecule has 17 heavy (non-hydrogen) atoms. The molecule has 0 aromatic carbocycles. The predicted octanol–water partition coefficient (Wildman–Crippen LogP) is 2.30. The van der Waals surface area contributed by atoms with E-state index < -0.39 is 0 Å². The second-order valence-corrected chi connectivity index (χ2v) is 6.10. The highest BCUT2D eigenvalue weighted by Gasteiger charge is 2.42. The predicted molar refractivity (Wildman–Crippen MR) is 71.0 cm³/mol. The average molecular weight is 235 g/mol. The Morgan fingerprint density at radius 1 is 1.47 bits per heavy atom. The van der Waals surface area contributed by atoms with Gasteiger partial charge in [0.15, 0.2) is 0 Å². The van der Waals surface area contributed by atoms with Gasteiger partial charge in [0.05, 0.1) is 5.69 Å². The van der Waals surface area contributed by atoms with Crippen LogP contribution in [0.1, 0.15) is 38.1 Å². The molecule has 1 aromatic rings. The van der Waals surface area contributed by atoms with Crippen molar-refractivity contribution in [1.82, 2.24) is 15.1 Å². The summed E-state index contributed by atoms with van der Waals surface area (Å²) in [4.78, 5) is 0. The third-order valence-electron chi connectivity index (χ3n) is 3.66. The lowest BCUT2D eigenvalue weighted by atomic mass is 9.99. The van der Waals surface area contributed by atoms with Gasteiger partial charge in [-0.25, -0.2) is 0 Å². The van der Waals surface area contributed by atoms with Crippen LogP contribution in [-0.2, 0) is 13.5 Å². The maximum absolute atomic E-state index is 4.43. The van der Waals surface area contributed by atoms with Crippen molar-refractivity contribution in [2.75, 3.05) is 13.1 Å². The van der Waals surface area contributed by atoms with Crippen molar-refractivity contribution in [1.29, 1.82) is 0 Å². The van der Waals surface area contributed by atoms with Crippen LogP contribution in [0.5, 0.6) is 0 Å². The molecule has 0 spiro atoms. The standard InChI is InChI=1S/C14H25N3/c1-11(2)9-15-10-14(5-6-14)8-13-7-12(3)16-17(13)4/h7,11,15H,5-6,8-10H2,1-4H3. The minimum absolute atomic E-state index is 0.523. The number of hydrogen-bond acceptors (Lipinski definition) is 2. The Labute approximate surface area is 105 Å². The topological polar surface area (TPSA) is 29.9 Å². The lowest BCUT2D eigenvalue weighted by Crippen LogP contribution is -2.29. The molecule has 3 nitrogen and oxygen atoms in total. The van der Waals surface area contributed by atoms with Gasteiger partial charge in [-0.3, -0.25) is 4.68 Å². The molecule has 0 atom stereocenters. The van der Waals surface area contributed by atoms with E-state index in [2.05, 4.69) is 44.3 Å². The summed E-state index contributed by atoms with van der Waals surface area (Å²) in [5.74, 6) is 0.741. The van der Waals surface area contributed by atoms with Crippen molar-refractivity contribution in [2.45, 2.75) is 40.0 Å². The molecule has 2 rings (SSSR count). The van der Waals surface area contributed by atoms with Gasteiger partial charge < -0.3 is 5.32 Å². The van der Waals surface area contributed by atoms with E-state index in [4.69, 9.17) is 0 Å². The molecule has 1 N–H and O–H groups in total. The molecule has 0 bridgehead atoms. The van der Waals surface area contributed by atoms with E-state index in [0.717, 1.165) is 24.7 Å². The zero-order chi connectivity index (χ0) is 12.5. The van der Waals surface area contributed by atoms with E-state index in [1.807, 2.05) is 4.68 Å². The Balaban J connectivity index is 1.87. The first-order valence-electron chi connectivity index (χ1n) is 6.71. The summed E-state index contributed by atoms with van der Waals surface area (Å²) in [5.41, 5.74) is 3.04. The first kappa shape index (κ1) is 12.6. The van der Waals surface area contributed by atoms with Crippen LogP contribution < -0.4 is 5.32 Å². The van der Waals surface area contributed by atoms with E-state index in [9.17, 15) is 0 Å². The number of hydrogen-bond donors (Lipinski definition) is 1. The largest absolute Gasteiger partial charge is 0.316 e. The van der Waals surface area contributed by atoms with E-state index in [-0.39, 0.29) is 0 Å². The maximum Gasteiger partial charge on any atom is 0.0596 e. The van der Waals surface area contributed by atoms with E-state index in [1.165, 1.54) is 25.0 Å². The molecule has 1 heterocycles. The number of aryl methyl sites for hydroxylation is 2. The van der Waals surface area contributed by atoms with Gasteiger partial charge in [-0.1, -0.05) is 13.8 Å². The van der Waals surface area contributed by atoms with Gasteiger partial charge in [-0.15, -0.1) is 0 Å². The average Bonchev–Trinajstić information content (AvgIpc) is 2.89. The Morgan fingerprint density at radius 2 is 2.18 bits per heavy atom. The summed E-state index contributed by atoms with van der Waals surface area (Å²) in [6.45, 7) is 8.88. The van der Waals surface area contributed by atoms with Crippen LogP contribution in [0, 0.1) is 18.3 Å². The number of rotatable bonds is 6. The van der Waals surface area contributed by atoms with Crippen molar-refractivity contribution >= 4 is 0 Å². The van der Waals surface area contributed by atoms with Crippen molar-refractivity contribution < 1.29 is 0 Å². The first-order valence-corrected chi connectivity index (χ1v) is 6.71. The fraction of sp³-hybridized carbons (Fsp3) is 0.786. The fourth-order valence-corrected chi connectivity index (χ4v) is 2.43. The minimum Gasteiger partial charge on any atom is -0.316 e. The highest BCUT2D eigenvalue weighted by Crippen LogP contribution is 2.47. The molecule has 96 valence electrons. The molecule has 0 aliphatic heterocycles. The summed E-state index contributed by atoms with van der Waals surface area (Å²) in [7, 11) is 2.06. The molecule has 1 fully saturated rings. The van der Waals surface area contributed by atoms with Gasteiger partial charge in [0.2, 0.25) is 0 Å². The van der Waals surface area contributed by atoms with Crippen molar-refractivity contribution in [3.8, 4) is 0 Å². The molecule has 3 heteroatoms. The Morgan fingerprint density at radius 3 is 2.65 bits per heavy atom. The molecular formula is C14H25N3. The molecule has 0 radical (unpaired) electrons. The van der Waals surface area contributed by atoms with Crippen molar-refractivity contribution in [3.05, 3.63) is 17.5 Å². The smallest absolute Gasteiger partial charge is 0.0596 e. The van der Waals surface area contributed by atoms with Crippen LogP contribution in [0.25, 0.3) is 0 Å². The number of nitrogens with one attached hydrogen (secondary N) is 1. The van der Waals surface area contributed by atoms with E-state index >= 15 is 0 Å². The molecule has 1 aliphatic rings. The molecule has 1 saturated carbocycles. The third kappa shape index (κ3) is 3.32. The van der Waals surface area contributed by atoms with Crippen molar-refractivity contribution in [2.24, 2.45) is 18.4 Å². The van der Waals surface area contributed by atoms with Crippen LogP contribution in [0.4, 0.5) is 0 Å². The Hall–Kier alpha value is -0.830. The van der Waals surface area contributed by atoms with Crippen LogP contribution in [0.3, 0.4) is 0 Å². The normalized spacial score (nSPS) is 17.7. The molecular weight excluding hydrogens is 210 g/mol. The lowest BCUT2D eigenvalue weighted by molar-refractivity contribution is 0.422. The van der Waals surface area contributed by atoms with Gasteiger partial charge in [0.25, 0.3) is 0 Å². The summed E-state index contributed by atoms with van der Waals surface area (Å²) in [6.07, 6.45) is 3.90. The van der Waals surface area contributed by atoms with Crippen molar-refractivity contribution in [3.63, 3.8) is 0 Å². The Bertz CT molecular complexity index is 375. The highest BCUT2D eigenvalue weighted by atomic mass is 15.3. The van der Waals surface area contributed by atoms with E-state index in [1.54, 1.807) is 0 Å². The van der Waals surface area contributed by atoms with Gasteiger partial charge in [-0.2, -0.15) is 5.10 Å². The lowest BCUT2D eigenvalue weighted by Gasteiger charge is -2.17. The summed E-state index contributed by atoms with van der Waals surface area (Å²) >= 11 is 0. The second kappa shape index (κ2) is 4.81. The quantitative estimate of drug-likeness (QED) is 0.820. The third-order valence-corrected chi connectivity index (χ3v) is 3.66. The summed E-state index contributed by atoms with van der Waals surface area (Å²) < 4.78 is 2.04. The zero-order valence-corrected chi connectivity index (χ0v) is 11.6. The second-order valence-electron chi connectivity index (χ2n) is 6.10. The van der Waals surface area contributed by atoms with Gasteiger partial charge in [-0.05, 0) is 50.1 Å².